The number of sulfonamides is 2. The number of carbonyl (C=O) groups is 1. The first-order valence-corrected chi connectivity index (χ1v) is 13.5. The van der Waals surface area contributed by atoms with Crippen molar-refractivity contribution in [3.63, 3.8) is 0 Å². The van der Waals surface area contributed by atoms with Crippen LogP contribution in [-0.2, 0) is 24.8 Å². The van der Waals surface area contributed by atoms with Crippen LogP contribution in [0.25, 0.3) is 0 Å². The summed E-state index contributed by atoms with van der Waals surface area (Å²) in [6, 6.07) is 11.3. The lowest BCUT2D eigenvalue weighted by Gasteiger charge is -2.48. The average molecular weight is 528 g/mol. The highest BCUT2D eigenvalue weighted by Gasteiger charge is 2.49. The molecule has 0 aliphatic carbocycles. The Morgan fingerprint density at radius 2 is 1.26 bits per heavy atom. The van der Waals surface area contributed by atoms with E-state index in [9.17, 15) is 21.6 Å². The highest BCUT2D eigenvalue weighted by atomic mass is 32.2. The smallest absolute Gasteiger partial charge is 0.246 e. The van der Waals surface area contributed by atoms with Crippen LogP contribution < -0.4 is 15.0 Å². The molecule has 1 amide bonds. The summed E-state index contributed by atoms with van der Waals surface area (Å²) in [4.78, 5) is 12.0. The topological polar surface area (TPSA) is 143 Å². The summed E-state index contributed by atoms with van der Waals surface area (Å²) in [6.45, 7) is 3.36. The molecule has 1 aliphatic heterocycles. The molecule has 0 saturated carbocycles. The Labute approximate surface area is 205 Å². The number of nitrogens with zero attached hydrogens (tertiary/aromatic N) is 2. The maximum absolute atomic E-state index is 13.7. The second kappa shape index (κ2) is 10.1. The maximum atomic E-state index is 13.7. The fourth-order valence-corrected chi connectivity index (χ4v) is 7.54. The first-order chi connectivity index (χ1) is 16.4. The van der Waals surface area contributed by atoms with Gasteiger partial charge < -0.3 is 9.47 Å². The molecule has 13 heteroatoms. The number of hydrogen-bond donors (Lipinski definition) is 2. The lowest BCUT2D eigenvalue weighted by Crippen LogP contribution is -2.63. The minimum Gasteiger partial charge on any atom is -0.497 e. The Bertz CT molecular complexity index is 1170. The van der Waals surface area contributed by atoms with Crippen molar-refractivity contribution in [2.45, 2.75) is 36.2 Å². The number of nitrogens with one attached hydrogen (secondary N) is 1. The Hall–Kier alpha value is -2.71. The minimum absolute atomic E-state index is 0.0562. The van der Waals surface area contributed by atoms with Gasteiger partial charge in [0.2, 0.25) is 26.0 Å². The number of hydrogen-bond acceptors (Lipinski definition) is 8. The van der Waals surface area contributed by atoms with Gasteiger partial charge in [0, 0.05) is 13.1 Å². The van der Waals surface area contributed by atoms with Crippen molar-refractivity contribution in [3.8, 4) is 11.5 Å². The van der Waals surface area contributed by atoms with Crippen molar-refractivity contribution in [2.24, 2.45) is 5.41 Å². The molecule has 1 saturated heterocycles. The van der Waals surface area contributed by atoms with Crippen molar-refractivity contribution < 1.29 is 36.3 Å². The van der Waals surface area contributed by atoms with Gasteiger partial charge >= 0.3 is 0 Å². The third-order valence-corrected chi connectivity index (χ3v) is 9.37. The van der Waals surface area contributed by atoms with E-state index in [-0.39, 0.29) is 22.9 Å². The third kappa shape index (κ3) is 5.59. The summed E-state index contributed by atoms with van der Waals surface area (Å²) in [6.07, 6.45) is -2.04. The van der Waals surface area contributed by atoms with Crippen LogP contribution in [0.4, 0.5) is 0 Å². The van der Waals surface area contributed by atoms with Crippen LogP contribution in [0.1, 0.15) is 20.3 Å². The van der Waals surface area contributed by atoms with Crippen molar-refractivity contribution in [1.29, 1.82) is 0 Å². The van der Waals surface area contributed by atoms with E-state index in [1.807, 2.05) is 0 Å². The normalized spacial score (nSPS) is 17.6. The number of carbonyl (C=O) groups excluding carboxylic acids is 1. The number of methoxy groups -OCH3 is 2. The van der Waals surface area contributed by atoms with Gasteiger partial charge in [-0.1, -0.05) is 13.8 Å². The minimum atomic E-state index is -4.26. The number of amides is 1. The number of rotatable bonds is 8. The molecule has 0 spiro atoms. The van der Waals surface area contributed by atoms with E-state index in [4.69, 9.17) is 14.7 Å². The van der Waals surface area contributed by atoms with Gasteiger partial charge in [0.15, 0.2) is 0 Å². The molecule has 3 rings (SSSR count). The molecule has 0 aromatic heterocycles. The van der Waals surface area contributed by atoms with Crippen molar-refractivity contribution >= 4 is 26.0 Å². The number of hydroxylamine groups is 1. The van der Waals surface area contributed by atoms with Crippen LogP contribution in [0.5, 0.6) is 11.5 Å². The maximum Gasteiger partial charge on any atom is 0.246 e. The zero-order valence-electron chi connectivity index (χ0n) is 19.8. The van der Waals surface area contributed by atoms with Crippen LogP contribution >= 0.6 is 0 Å². The van der Waals surface area contributed by atoms with Gasteiger partial charge in [0.1, 0.15) is 17.7 Å². The number of benzene rings is 2. The molecule has 35 heavy (non-hydrogen) atoms. The first kappa shape index (κ1) is 26.9. The molecule has 1 fully saturated rings. The summed E-state index contributed by atoms with van der Waals surface area (Å²) in [7, 11) is -5.62. The second-order valence-corrected chi connectivity index (χ2v) is 12.6. The van der Waals surface area contributed by atoms with Gasteiger partial charge in [-0.15, -0.1) is 0 Å². The highest BCUT2D eigenvalue weighted by molar-refractivity contribution is 7.90. The molecule has 2 aromatic carbocycles. The van der Waals surface area contributed by atoms with Gasteiger partial charge in [-0.25, -0.2) is 22.3 Å². The Balaban J connectivity index is 2.14. The summed E-state index contributed by atoms with van der Waals surface area (Å²) in [5.74, 6) is -0.0368. The zero-order chi connectivity index (χ0) is 26.0. The van der Waals surface area contributed by atoms with Gasteiger partial charge in [-0.05, 0) is 53.9 Å². The molecule has 0 radical (unpaired) electrons. The van der Waals surface area contributed by atoms with E-state index in [1.54, 1.807) is 13.8 Å². The molecule has 11 nitrogen and oxygen atoms in total. The predicted molar refractivity (Wildman–Crippen MR) is 126 cm³/mol. The van der Waals surface area contributed by atoms with Crippen LogP contribution in [0.3, 0.4) is 0 Å². The monoisotopic (exact) mass is 527 g/mol. The lowest BCUT2D eigenvalue weighted by atomic mass is 9.91. The van der Waals surface area contributed by atoms with Crippen LogP contribution in [0.15, 0.2) is 58.3 Å². The Morgan fingerprint density at radius 3 is 1.57 bits per heavy atom. The summed E-state index contributed by atoms with van der Waals surface area (Å²) < 4.78 is 67.0. The SMILES string of the molecule is COc1ccc(S(=O)(=O)N2CC(C)(C)CN(S(=O)(=O)c3ccc(OC)cc3)C2CC(=O)NO)cc1. The van der Waals surface area contributed by atoms with Crippen molar-refractivity contribution in [1.82, 2.24) is 14.1 Å². The molecule has 0 unspecified atom stereocenters. The van der Waals surface area contributed by atoms with Crippen molar-refractivity contribution in [3.05, 3.63) is 48.5 Å². The van der Waals surface area contributed by atoms with Gasteiger partial charge in [-0.2, -0.15) is 8.61 Å². The fourth-order valence-electron chi connectivity index (χ4n) is 3.92. The summed E-state index contributed by atoms with van der Waals surface area (Å²) in [5, 5.41) is 9.13. The molecule has 2 aromatic rings. The standard InChI is InChI=1S/C22H29N3O8S2/c1-22(2)14-24(34(28,29)18-9-5-16(32-3)6-10-18)21(13-20(26)23-27)25(15-22)35(30,31)19-11-7-17(33-4)8-12-19/h5-12,21,27H,13-15H2,1-4H3,(H,23,26). The Morgan fingerprint density at radius 1 is 0.886 bits per heavy atom. The van der Waals surface area contributed by atoms with E-state index in [2.05, 4.69) is 0 Å². The fraction of sp³-hybridized carbons (Fsp3) is 0.409. The highest BCUT2D eigenvalue weighted by Crippen LogP contribution is 2.37. The molecular formula is C22H29N3O8S2. The largest absolute Gasteiger partial charge is 0.497 e. The molecule has 0 bridgehead atoms. The molecule has 0 atom stereocenters. The van der Waals surface area contributed by atoms with Crippen LogP contribution in [0.2, 0.25) is 0 Å². The molecule has 192 valence electrons. The van der Waals surface area contributed by atoms with Gasteiger partial charge in [0.05, 0.1) is 30.4 Å². The first-order valence-electron chi connectivity index (χ1n) is 10.6. The van der Waals surface area contributed by atoms with E-state index < -0.39 is 44.0 Å². The summed E-state index contributed by atoms with van der Waals surface area (Å²) >= 11 is 0. The number of ether oxygens (including phenoxy) is 2. The average Bonchev–Trinajstić information content (AvgIpc) is 2.84. The molecular weight excluding hydrogens is 498 g/mol. The zero-order valence-corrected chi connectivity index (χ0v) is 21.5. The third-order valence-electron chi connectivity index (χ3n) is 5.66. The summed E-state index contributed by atoms with van der Waals surface area (Å²) in [5.41, 5.74) is 0.671. The Kier molecular flexibility index (Phi) is 7.77. The lowest BCUT2D eigenvalue weighted by molar-refractivity contribution is -0.131. The van der Waals surface area contributed by atoms with E-state index in [1.165, 1.54) is 68.2 Å². The molecule has 2 N–H and O–H groups in total. The molecule has 1 aliphatic rings. The molecule has 1 heterocycles. The van der Waals surface area contributed by atoms with Crippen molar-refractivity contribution in [2.75, 3.05) is 27.3 Å². The van der Waals surface area contributed by atoms with Crippen LogP contribution in [-0.4, -0.2) is 70.0 Å². The van der Waals surface area contributed by atoms with Gasteiger partial charge in [0.25, 0.3) is 0 Å². The van der Waals surface area contributed by atoms with Crippen LogP contribution in [0, 0.1) is 5.41 Å². The van der Waals surface area contributed by atoms with Gasteiger partial charge in [-0.3, -0.25) is 10.0 Å². The quantitative estimate of drug-likeness (QED) is 0.390. The van der Waals surface area contributed by atoms with E-state index in [0.717, 1.165) is 8.61 Å². The van der Waals surface area contributed by atoms with E-state index in [0.29, 0.717) is 11.5 Å². The predicted octanol–water partition coefficient (Wildman–Crippen LogP) is 1.65. The van der Waals surface area contributed by atoms with E-state index >= 15 is 0 Å². The second-order valence-electron chi connectivity index (χ2n) is 8.84.